The summed E-state index contributed by atoms with van der Waals surface area (Å²) in [4.78, 5) is 12.0. The molecule has 136 valence electrons. The first kappa shape index (κ1) is 17.0. The van der Waals surface area contributed by atoms with E-state index >= 15 is 0 Å². The number of ether oxygens (including phenoxy) is 1. The Hall–Kier alpha value is -2.42. The molecule has 8 heteroatoms. The first-order valence-corrected chi connectivity index (χ1v) is 9.18. The number of aliphatic carboxylic acids is 1. The van der Waals surface area contributed by atoms with Gasteiger partial charge in [0.15, 0.2) is 5.54 Å². The Morgan fingerprint density at radius 3 is 2.50 bits per heavy atom. The highest BCUT2D eigenvalue weighted by Crippen LogP contribution is 2.37. The molecule has 0 amide bonds. The van der Waals surface area contributed by atoms with Crippen LogP contribution < -0.4 is 4.31 Å². The van der Waals surface area contributed by atoms with Crippen molar-refractivity contribution < 1.29 is 27.8 Å². The number of fused-ring (bicyclic) bond motifs is 3. The summed E-state index contributed by atoms with van der Waals surface area (Å²) in [5, 5.41) is 11.6. The molecule has 1 aliphatic heterocycles. The van der Waals surface area contributed by atoms with Crippen LogP contribution in [0.2, 0.25) is 0 Å². The molecular weight excluding hydrogens is 358 g/mol. The van der Waals surface area contributed by atoms with Gasteiger partial charge in [0.2, 0.25) is 0 Å². The lowest BCUT2D eigenvalue weighted by atomic mass is 9.89. The fourth-order valence-corrected chi connectivity index (χ4v) is 4.36. The summed E-state index contributed by atoms with van der Waals surface area (Å²) in [6, 6.07) is 12.4. The number of para-hydroxylation sites is 1. The zero-order valence-corrected chi connectivity index (χ0v) is 14.5. The predicted octanol–water partition coefficient (Wildman–Crippen LogP) is 2.82. The minimum absolute atomic E-state index is 0.0779. The minimum Gasteiger partial charge on any atom is -0.755 e. The number of anilines is 1. The molecule has 1 unspecified atom stereocenters. The van der Waals surface area contributed by atoms with Crippen LogP contribution in [0.25, 0.3) is 21.9 Å². The van der Waals surface area contributed by atoms with E-state index in [0.29, 0.717) is 11.2 Å². The van der Waals surface area contributed by atoms with Gasteiger partial charge in [-0.25, -0.2) is 4.79 Å². The largest absolute Gasteiger partial charge is 0.755 e. The summed E-state index contributed by atoms with van der Waals surface area (Å²) in [5.41, 5.74) is -0.112. The van der Waals surface area contributed by atoms with E-state index in [-0.39, 0.29) is 31.7 Å². The van der Waals surface area contributed by atoms with Crippen molar-refractivity contribution in [3.63, 3.8) is 0 Å². The monoisotopic (exact) mass is 374 g/mol. The highest BCUT2D eigenvalue weighted by Gasteiger charge is 2.47. The van der Waals surface area contributed by atoms with Crippen LogP contribution in [-0.2, 0) is 20.8 Å². The van der Waals surface area contributed by atoms with Gasteiger partial charge in [-0.2, -0.15) is 0 Å². The van der Waals surface area contributed by atoms with Crippen molar-refractivity contribution in [2.24, 2.45) is 0 Å². The lowest BCUT2D eigenvalue weighted by Gasteiger charge is -2.44. The Labute approximate surface area is 151 Å². The number of hydrogen-bond acceptors (Lipinski definition) is 5. The molecule has 0 bridgehead atoms. The Balaban J connectivity index is 1.87. The van der Waals surface area contributed by atoms with Crippen LogP contribution in [0.3, 0.4) is 0 Å². The molecule has 2 aromatic carbocycles. The molecule has 0 saturated carbocycles. The number of rotatable bonds is 4. The van der Waals surface area contributed by atoms with E-state index in [1.807, 2.05) is 24.3 Å². The molecule has 3 aromatic rings. The number of carboxylic acid groups (broad SMARTS) is 1. The molecular formula is C18H16NO6S-. The summed E-state index contributed by atoms with van der Waals surface area (Å²) in [6.07, 6.45) is 0.156. The van der Waals surface area contributed by atoms with Crippen LogP contribution in [0, 0.1) is 0 Å². The van der Waals surface area contributed by atoms with Gasteiger partial charge >= 0.3 is 5.97 Å². The SMILES string of the molecule is O=C(O)C1(N(c2ccc3c(c2)oc2ccccc23)S(=O)[O-])CCOCC1. The molecule has 0 aliphatic carbocycles. The molecule has 26 heavy (non-hydrogen) atoms. The van der Waals surface area contributed by atoms with Crippen LogP contribution in [0.4, 0.5) is 5.69 Å². The summed E-state index contributed by atoms with van der Waals surface area (Å²) >= 11 is -2.77. The molecule has 2 heterocycles. The maximum absolute atomic E-state index is 12.0. The molecule has 1 atom stereocenters. The lowest BCUT2D eigenvalue weighted by Crippen LogP contribution is -2.58. The molecule has 0 spiro atoms. The van der Waals surface area contributed by atoms with Crippen LogP contribution in [0.15, 0.2) is 46.9 Å². The number of hydrogen-bond donors (Lipinski definition) is 1. The third kappa shape index (κ3) is 2.57. The maximum Gasteiger partial charge on any atom is 0.330 e. The number of benzene rings is 2. The van der Waals surface area contributed by atoms with Crippen molar-refractivity contribution in [2.75, 3.05) is 17.5 Å². The quantitative estimate of drug-likeness (QED) is 0.705. The number of furan rings is 1. The van der Waals surface area contributed by atoms with Crippen LogP contribution in [-0.4, -0.2) is 38.6 Å². The average Bonchev–Trinajstić information content (AvgIpc) is 3.00. The zero-order chi connectivity index (χ0) is 18.3. The molecule has 1 fully saturated rings. The Morgan fingerprint density at radius 1 is 1.12 bits per heavy atom. The van der Waals surface area contributed by atoms with E-state index < -0.39 is 22.8 Å². The van der Waals surface area contributed by atoms with Crippen molar-refractivity contribution in [1.29, 1.82) is 0 Å². The van der Waals surface area contributed by atoms with Gasteiger partial charge in [-0.1, -0.05) is 18.2 Å². The third-order valence-electron chi connectivity index (χ3n) is 4.85. The van der Waals surface area contributed by atoms with Gasteiger partial charge in [-0.05, 0) is 18.2 Å². The second kappa shape index (κ2) is 6.39. The number of carboxylic acids is 1. The second-order valence-corrected chi connectivity index (χ2v) is 7.04. The van der Waals surface area contributed by atoms with Crippen LogP contribution in [0.1, 0.15) is 12.8 Å². The summed E-state index contributed by atoms with van der Waals surface area (Å²) in [7, 11) is 0. The Bertz CT molecular complexity index is 1010. The van der Waals surface area contributed by atoms with E-state index in [4.69, 9.17) is 9.15 Å². The third-order valence-corrected chi connectivity index (χ3v) is 5.71. The molecule has 0 radical (unpaired) electrons. The normalized spacial score (nSPS) is 18.0. The van der Waals surface area contributed by atoms with Crippen LogP contribution >= 0.6 is 0 Å². The van der Waals surface area contributed by atoms with Gasteiger partial charge in [0.25, 0.3) is 0 Å². The van der Waals surface area contributed by atoms with Gasteiger partial charge in [0.05, 0.1) is 5.69 Å². The van der Waals surface area contributed by atoms with Crippen molar-refractivity contribution in [3.05, 3.63) is 42.5 Å². The zero-order valence-electron chi connectivity index (χ0n) is 13.7. The summed E-state index contributed by atoms with van der Waals surface area (Å²) in [5.74, 6) is -1.19. The topological polar surface area (TPSA) is 103 Å². The fourth-order valence-electron chi connectivity index (χ4n) is 3.53. The van der Waals surface area contributed by atoms with Gasteiger partial charge < -0.3 is 18.8 Å². The van der Waals surface area contributed by atoms with Crippen molar-refractivity contribution in [1.82, 2.24) is 0 Å². The van der Waals surface area contributed by atoms with E-state index in [2.05, 4.69) is 0 Å². The predicted molar refractivity (Wildman–Crippen MR) is 95.5 cm³/mol. The van der Waals surface area contributed by atoms with E-state index in [1.54, 1.807) is 18.2 Å². The fraction of sp³-hybridized carbons (Fsp3) is 0.278. The molecule has 4 rings (SSSR count). The molecule has 1 N–H and O–H groups in total. The molecule has 1 aromatic heterocycles. The average molecular weight is 374 g/mol. The molecule has 7 nitrogen and oxygen atoms in total. The van der Waals surface area contributed by atoms with Crippen molar-refractivity contribution in [2.45, 2.75) is 18.4 Å². The highest BCUT2D eigenvalue weighted by atomic mass is 32.2. The van der Waals surface area contributed by atoms with Crippen molar-refractivity contribution in [3.8, 4) is 0 Å². The highest BCUT2D eigenvalue weighted by molar-refractivity contribution is 7.80. The molecule has 1 saturated heterocycles. The Morgan fingerprint density at radius 2 is 1.81 bits per heavy atom. The molecule has 1 aliphatic rings. The van der Waals surface area contributed by atoms with Crippen LogP contribution in [0.5, 0.6) is 0 Å². The Kier molecular flexibility index (Phi) is 4.18. The van der Waals surface area contributed by atoms with Gasteiger partial charge in [0.1, 0.15) is 11.2 Å². The summed E-state index contributed by atoms with van der Waals surface area (Å²) < 4.78 is 36.0. The van der Waals surface area contributed by atoms with Gasteiger partial charge in [-0.3, -0.25) is 8.51 Å². The lowest BCUT2D eigenvalue weighted by molar-refractivity contribution is -0.146. The van der Waals surface area contributed by atoms with E-state index in [0.717, 1.165) is 15.1 Å². The van der Waals surface area contributed by atoms with E-state index in [1.165, 1.54) is 0 Å². The second-order valence-electron chi connectivity index (χ2n) is 6.24. The number of carbonyl (C=O) groups is 1. The van der Waals surface area contributed by atoms with Gasteiger partial charge in [-0.15, -0.1) is 0 Å². The first-order chi connectivity index (χ1) is 12.5. The van der Waals surface area contributed by atoms with Crippen molar-refractivity contribution >= 4 is 44.9 Å². The van der Waals surface area contributed by atoms with E-state index in [9.17, 15) is 18.7 Å². The first-order valence-electron chi connectivity index (χ1n) is 8.15. The standard InChI is InChI=1S/C18H17NO6S/c20-17(21)18(7-9-24-10-8-18)19(26(22)23)12-5-6-14-13-3-1-2-4-15(13)25-16(14)11-12/h1-6,11H,7-10H2,(H,20,21)(H,22,23)/p-1. The van der Waals surface area contributed by atoms with Gasteiger partial charge in [0, 0.05) is 54.2 Å². The smallest absolute Gasteiger partial charge is 0.330 e. The number of nitrogens with zero attached hydrogens (tertiary/aromatic N) is 1. The summed E-state index contributed by atoms with van der Waals surface area (Å²) in [6.45, 7) is 0.375. The maximum atomic E-state index is 12.0. The minimum atomic E-state index is -2.77.